The van der Waals surface area contributed by atoms with Gasteiger partial charge in [0.05, 0.1) is 0 Å². The summed E-state index contributed by atoms with van der Waals surface area (Å²) in [6.45, 7) is 10.7. The van der Waals surface area contributed by atoms with Crippen LogP contribution in [0.15, 0.2) is 17.4 Å². The first-order chi connectivity index (χ1) is 8.91. The molecule has 0 aromatic rings. The van der Waals surface area contributed by atoms with Crippen molar-refractivity contribution in [1.29, 1.82) is 0 Å². The first-order valence-corrected chi connectivity index (χ1v) is 7.81. The minimum absolute atomic E-state index is 0.207. The Bertz CT molecular complexity index is 306. The van der Waals surface area contributed by atoms with E-state index in [1.165, 1.54) is 37.7 Å². The molecule has 0 aromatic carbocycles. The SMILES string of the molecule is CC(=O)CC=C=C(C)CCCC(C)CCCC(C)C. The molecule has 0 saturated heterocycles. The Morgan fingerprint density at radius 3 is 2.26 bits per heavy atom. The van der Waals surface area contributed by atoms with Crippen molar-refractivity contribution in [1.82, 2.24) is 0 Å². The van der Waals surface area contributed by atoms with Crippen molar-refractivity contribution >= 4 is 5.78 Å². The monoisotopic (exact) mass is 264 g/mol. The van der Waals surface area contributed by atoms with E-state index in [0.717, 1.165) is 18.3 Å². The topological polar surface area (TPSA) is 17.1 Å². The molecule has 0 aliphatic heterocycles. The van der Waals surface area contributed by atoms with Crippen LogP contribution in [0.1, 0.15) is 79.6 Å². The van der Waals surface area contributed by atoms with Crippen molar-refractivity contribution in [2.24, 2.45) is 11.8 Å². The second-order valence-electron chi connectivity index (χ2n) is 6.36. The molecule has 0 bridgehead atoms. The number of rotatable bonds is 10. The van der Waals surface area contributed by atoms with E-state index in [4.69, 9.17) is 0 Å². The molecule has 1 atom stereocenters. The highest BCUT2D eigenvalue weighted by Crippen LogP contribution is 2.18. The number of Topliss-reactive ketones (excluding diaryl/α,β-unsaturated/α-hetero) is 1. The van der Waals surface area contributed by atoms with Crippen molar-refractivity contribution in [3.8, 4) is 0 Å². The predicted octanol–water partition coefficient (Wildman–Crippen LogP) is 5.70. The standard InChI is InChI=1S/C18H32O/c1-15(2)9-6-10-16(3)11-7-12-17(4)13-8-14-18(5)19/h8,15-16H,6-7,9-12,14H2,1-5H3. The zero-order valence-corrected chi connectivity index (χ0v) is 13.6. The largest absolute Gasteiger partial charge is 0.300 e. The lowest BCUT2D eigenvalue weighted by Gasteiger charge is -2.11. The van der Waals surface area contributed by atoms with E-state index in [2.05, 4.69) is 33.4 Å². The molecule has 0 rings (SSSR count). The fourth-order valence-electron chi connectivity index (χ4n) is 2.18. The second-order valence-corrected chi connectivity index (χ2v) is 6.36. The van der Waals surface area contributed by atoms with Crippen LogP contribution in [0.3, 0.4) is 0 Å². The summed E-state index contributed by atoms with van der Waals surface area (Å²) in [4.78, 5) is 10.8. The van der Waals surface area contributed by atoms with Gasteiger partial charge in [0.1, 0.15) is 5.78 Å². The Hall–Kier alpha value is -0.810. The summed E-state index contributed by atoms with van der Waals surface area (Å²) in [5.74, 6) is 1.88. The van der Waals surface area contributed by atoms with Gasteiger partial charge in [-0.3, -0.25) is 4.79 Å². The first kappa shape index (κ1) is 18.2. The molecule has 0 aliphatic rings. The molecule has 0 fully saturated rings. The number of carbonyl (C=O) groups is 1. The molecule has 19 heavy (non-hydrogen) atoms. The van der Waals surface area contributed by atoms with Gasteiger partial charge in [-0.1, -0.05) is 46.5 Å². The van der Waals surface area contributed by atoms with Crippen LogP contribution in [0, 0.1) is 11.8 Å². The van der Waals surface area contributed by atoms with Crippen LogP contribution in [0.5, 0.6) is 0 Å². The van der Waals surface area contributed by atoms with E-state index >= 15 is 0 Å². The lowest BCUT2D eigenvalue weighted by Crippen LogP contribution is -1.97. The molecule has 0 spiro atoms. The Morgan fingerprint density at radius 2 is 1.68 bits per heavy atom. The van der Waals surface area contributed by atoms with Gasteiger partial charge < -0.3 is 0 Å². The zero-order valence-electron chi connectivity index (χ0n) is 13.6. The van der Waals surface area contributed by atoms with E-state index in [1.54, 1.807) is 6.92 Å². The average Bonchev–Trinajstić information content (AvgIpc) is 2.27. The summed E-state index contributed by atoms with van der Waals surface area (Å²) < 4.78 is 0. The van der Waals surface area contributed by atoms with Gasteiger partial charge in [0.15, 0.2) is 0 Å². The van der Waals surface area contributed by atoms with Gasteiger partial charge >= 0.3 is 0 Å². The van der Waals surface area contributed by atoms with Gasteiger partial charge in [0.2, 0.25) is 0 Å². The summed E-state index contributed by atoms with van der Waals surface area (Å²) in [6.07, 6.45) is 10.1. The van der Waals surface area contributed by atoms with Gasteiger partial charge in [0.25, 0.3) is 0 Å². The molecular weight excluding hydrogens is 232 g/mol. The highest BCUT2D eigenvalue weighted by molar-refractivity contribution is 5.76. The molecule has 1 heteroatoms. The summed E-state index contributed by atoms with van der Waals surface area (Å²) in [5, 5.41) is 0. The number of ketones is 1. The van der Waals surface area contributed by atoms with E-state index in [1.807, 2.05) is 6.08 Å². The van der Waals surface area contributed by atoms with Gasteiger partial charge in [-0.05, 0) is 50.2 Å². The zero-order chi connectivity index (χ0) is 14.7. The fraction of sp³-hybridized carbons (Fsp3) is 0.778. The number of hydrogen-bond donors (Lipinski definition) is 0. The number of hydrogen-bond acceptors (Lipinski definition) is 1. The van der Waals surface area contributed by atoms with Crippen molar-refractivity contribution in [2.75, 3.05) is 0 Å². The van der Waals surface area contributed by atoms with E-state index in [-0.39, 0.29) is 5.78 Å². The minimum Gasteiger partial charge on any atom is -0.300 e. The first-order valence-electron chi connectivity index (χ1n) is 7.81. The highest BCUT2D eigenvalue weighted by atomic mass is 16.1. The third kappa shape index (κ3) is 13.4. The van der Waals surface area contributed by atoms with Crippen LogP contribution in [0.4, 0.5) is 0 Å². The third-order valence-corrected chi connectivity index (χ3v) is 3.47. The molecule has 0 heterocycles. The van der Waals surface area contributed by atoms with Crippen LogP contribution < -0.4 is 0 Å². The van der Waals surface area contributed by atoms with Crippen LogP contribution in [0.25, 0.3) is 0 Å². The fourth-order valence-corrected chi connectivity index (χ4v) is 2.18. The molecule has 0 amide bonds. The third-order valence-electron chi connectivity index (χ3n) is 3.47. The summed E-state index contributed by atoms with van der Waals surface area (Å²) in [7, 11) is 0. The van der Waals surface area contributed by atoms with Crippen molar-refractivity contribution in [3.63, 3.8) is 0 Å². The van der Waals surface area contributed by atoms with Crippen LogP contribution in [-0.4, -0.2) is 5.78 Å². The smallest absolute Gasteiger partial charge is 0.134 e. The Labute approximate surface area is 120 Å². The molecule has 1 unspecified atom stereocenters. The van der Waals surface area contributed by atoms with Gasteiger partial charge in [-0.15, -0.1) is 5.73 Å². The summed E-state index contributed by atoms with van der Waals surface area (Å²) >= 11 is 0. The normalized spacial score (nSPS) is 12.1. The lowest BCUT2D eigenvalue weighted by molar-refractivity contribution is -0.116. The van der Waals surface area contributed by atoms with Crippen molar-refractivity contribution in [3.05, 3.63) is 17.4 Å². The molecule has 0 aromatic heterocycles. The maximum absolute atomic E-state index is 10.8. The predicted molar refractivity (Wildman–Crippen MR) is 84.3 cm³/mol. The summed E-state index contributed by atoms with van der Waals surface area (Å²) in [5.41, 5.74) is 4.49. The molecule has 110 valence electrons. The van der Waals surface area contributed by atoms with E-state index in [9.17, 15) is 4.79 Å². The number of allylic oxidation sites excluding steroid dienone is 1. The van der Waals surface area contributed by atoms with Gasteiger partial charge in [-0.25, -0.2) is 0 Å². The molecule has 0 aliphatic carbocycles. The molecule has 0 saturated carbocycles. The van der Waals surface area contributed by atoms with E-state index < -0.39 is 0 Å². The van der Waals surface area contributed by atoms with Crippen molar-refractivity contribution < 1.29 is 4.79 Å². The Balaban J connectivity index is 3.71. The molecule has 1 nitrogen and oxygen atoms in total. The average molecular weight is 264 g/mol. The quantitative estimate of drug-likeness (QED) is 0.463. The van der Waals surface area contributed by atoms with Crippen LogP contribution >= 0.6 is 0 Å². The lowest BCUT2D eigenvalue weighted by atomic mass is 9.95. The molecular formula is C18H32O. The molecule has 0 N–H and O–H groups in total. The van der Waals surface area contributed by atoms with Crippen LogP contribution in [0.2, 0.25) is 0 Å². The van der Waals surface area contributed by atoms with Crippen molar-refractivity contribution in [2.45, 2.75) is 79.6 Å². The Morgan fingerprint density at radius 1 is 1.05 bits per heavy atom. The highest BCUT2D eigenvalue weighted by Gasteiger charge is 2.03. The minimum atomic E-state index is 0.207. The van der Waals surface area contributed by atoms with E-state index in [0.29, 0.717) is 6.42 Å². The summed E-state index contributed by atoms with van der Waals surface area (Å²) in [6, 6.07) is 0. The molecule has 0 radical (unpaired) electrons. The second kappa shape index (κ2) is 11.1. The van der Waals surface area contributed by atoms with Gasteiger partial charge in [0, 0.05) is 6.42 Å². The van der Waals surface area contributed by atoms with Gasteiger partial charge in [-0.2, -0.15) is 0 Å². The Kier molecular flexibility index (Phi) is 10.6. The maximum Gasteiger partial charge on any atom is 0.134 e. The maximum atomic E-state index is 10.8. The number of carbonyl (C=O) groups excluding carboxylic acids is 1. The van der Waals surface area contributed by atoms with Crippen LogP contribution in [-0.2, 0) is 4.79 Å².